The molecule has 1 saturated heterocycles. The minimum Gasteiger partial charge on any atom is -0.313 e. The van der Waals surface area contributed by atoms with Gasteiger partial charge in [-0.05, 0) is 31.6 Å². The summed E-state index contributed by atoms with van der Waals surface area (Å²) in [5.41, 5.74) is 0. The first-order valence-electron chi connectivity index (χ1n) is 7.13. The Bertz CT molecular complexity index is 368. The molecule has 1 aliphatic carbocycles. The van der Waals surface area contributed by atoms with Crippen molar-refractivity contribution in [2.75, 3.05) is 19.6 Å². The van der Waals surface area contributed by atoms with Gasteiger partial charge in [0.2, 0.25) is 10.0 Å². The molecule has 0 aromatic rings. The van der Waals surface area contributed by atoms with Gasteiger partial charge in [0.05, 0.1) is 5.25 Å². The number of fused-ring (bicyclic) bond motifs is 1. The van der Waals surface area contributed by atoms with Gasteiger partial charge in [-0.3, -0.25) is 0 Å². The fourth-order valence-corrected chi connectivity index (χ4v) is 4.78. The van der Waals surface area contributed by atoms with Crippen molar-refractivity contribution < 1.29 is 8.42 Å². The van der Waals surface area contributed by atoms with Gasteiger partial charge in [-0.2, -0.15) is 0 Å². The lowest BCUT2D eigenvalue weighted by Gasteiger charge is -2.23. The van der Waals surface area contributed by atoms with Crippen molar-refractivity contribution in [1.29, 1.82) is 0 Å². The smallest absolute Gasteiger partial charge is 0.217 e. The van der Waals surface area contributed by atoms with Crippen LogP contribution in [0, 0.1) is 11.8 Å². The number of rotatable bonds is 5. The zero-order chi connectivity index (χ0) is 13.3. The molecule has 0 amide bonds. The second-order valence-electron chi connectivity index (χ2n) is 6.19. The van der Waals surface area contributed by atoms with Crippen LogP contribution in [0.15, 0.2) is 0 Å². The molecule has 5 heteroatoms. The largest absolute Gasteiger partial charge is 0.313 e. The average Bonchev–Trinajstić information content (AvgIpc) is 2.85. The topological polar surface area (TPSA) is 49.4 Å². The van der Waals surface area contributed by atoms with E-state index >= 15 is 0 Å². The lowest BCUT2D eigenvalue weighted by molar-refractivity contribution is 0.433. The minimum absolute atomic E-state index is 0.321. The van der Waals surface area contributed by atoms with Crippen LogP contribution in [0.25, 0.3) is 0 Å². The predicted molar refractivity (Wildman–Crippen MR) is 73.9 cm³/mol. The first kappa shape index (κ1) is 14.3. The second kappa shape index (κ2) is 5.47. The van der Waals surface area contributed by atoms with Crippen molar-refractivity contribution in [3.63, 3.8) is 0 Å². The molecule has 0 bridgehead atoms. The number of hydrogen-bond donors (Lipinski definition) is 1. The summed E-state index contributed by atoms with van der Waals surface area (Å²) in [5.74, 6) is 1.26. The minimum atomic E-state index is -3.11. The van der Waals surface area contributed by atoms with Gasteiger partial charge in [0, 0.05) is 25.7 Å². The Morgan fingerprint density at radius 3 is 2.22 bits per heavy atom. The Hall–Kier alpha value is -0.130. The molecule has 0 spiro atoms. The van der Waals surface area contributed by atoms with Gasteiger partial charge in [-0.25, -0.2) is 12.7 Å². The summed E-state index contributed by atoms with van der Waals surface area (Å²) in [5, 5.41) is 2.90. The van der Waals surface area contributed by atoms with Crippen molar-refractivity contribution in [2.24, 2.45) is 11.8 Å². The molecule has 3 atom stereocenters. The van der Waals surface area contributed by atoms with Crippen LogP contribution in [-0.2, 0) is 10.0 Å². The molecule has 1 saturated carbocycles. The molecule has 106 valence electrons. The van der Waals surface area contributed by atoms with E-state index in [0.29, 0.717) is 24.4 Å². The molecule has 2 aliphatic rings. The number of sulfonamides is 1. The molecule has 0 aromatic heterocycles. The first-order chi connectivity index (χ1) is 8.41. The molecule has 3 unspecified atom stereocenters. The van der Waals surface area contributed by atoms with Crippen LogP contribution < -0.4 is 5.32 Å². The molecular formula is C13H26N2O2S. The zero-order valence-corrected chi connectivity index (χ0v) is 12.5. The Kier molecular flexibility index (Phi) is 4.34. The average molecular weight is 274 g/mol. The molecule has 1 heterocycles. The Labute approximate surface area is 111 Å². The SMILES string of the molecule is CC(C)NCC(C)S(=O)(=O)N1CC2CCCC2C1. The summed E-state index contributed by atoms with van der Waals surface area (Å²) in [4.78, 5) is 0. The number of nitrogens with one attached hydrogen (secondary N) is 1. The highest BCUT2D eigenvalue weighted by molar-refractivity contribution is 7.89. The quantitative estimate of drug-likeness (QED) is 0.825. The molecule has 1 aliphatic heterocycles. The maximum atomic E-state index is 12.5. The first-order valence-corrected chi connectivity index (χ1v) is 8.64. The molecule has 18 heavy (non-hydrogen) atoms. The normalized spacial score (nSPS) is 30.9. The van der Waals surface area contributed by atoms with Crippen LogP contribution in [-0.4, -0.2) is 43.6 Å². The third kappa shape index (κ3) is 2.89. The van der Waals surface area contributed by atoms with Crippen LogP contribution in [0.1, 0.15) is 40.0 Å². The van der Waals surface area contributed by atoms with Gasteiger partial charge < -0.3 is 5.32 Å². The summed E-state index contributed by atoms with van der Waals surface area (Å²) in [6.45, 7) is 7.97. The van der Waals surface area contributed by atoms with E-state index in [1.165, 1.54) is 19.3 Å². The predicted octanol–water partition coefficient (Wildman–Crippen LogP) is 1.43. The molecule has 0 aromatic carbocycles. The van der Waals surface area contributed by atoms with E-state index < -0.39 is 10.0 Å². The molecule has 2 rings (SSSR count). The summed E-state index contributed by atoms with van der Waals surface area (Å²) >= 11 is 0. The van der Waals surface area contributed by atoms with Crippen LogP contribution in [0.5, 0.6) is 0 Å². The molecule has 2 fully saturated rings. The van der Waals surface area contributed by atoms with Crippen LogP contribution in [0.3, 0.4) is 0 Å². The van der Waals surface area contributed by atoms with Gasteiger partial charge in [-0.15, -0.1) is 0 Å². The van der Waals surface area contributed by atoms with Crippen LogP contribution in [0.4, 0.5) is 0 Å². The van der Waals surface area contributed by atoms with E-state index in [9.17, 15) is 8.42 Å². The fraction of sp³-hybridized carbons (Fsp3) is 1.00. The van der Waals surface area contributed by atoms with E-state index in [2.05, 4.69) is 5.32 Å². The van der Waals surface area contributed by atoms with E-state index in [1.807, 2.05) is 20.8 Å². The highest BCUT2D eigenvalue weighted by atomic mass is 32.2. The van der Waals surface area contributed by atoms with Crippen molar-refractivity contribution >= 4 is 10.0 Å². The van der Waals surface area contributed by atoms with Crippen molar-refractivity contribution in [1.82, 2.24) is 9.62 Å². The second-order valence-corrected chi connectivity index (χ2v) is 8.54. The van der Waals surface area contributed by atoms with E-state index in [1.54, 1.807) is 4.31 Å². The Morgan fingerprint density at radius 2 is 1.72 bits per heavy atom. The van der Waals surface area contributed by atoms with Crippen molar-refractivity contribution in [3.05, 3.63) is 0 Å². The number of nitrogens with zero attached hydrogens (tertiary/aromatic N) is 1. The maximum absolute atomic E-state index is 12.5. The highest BCUT2D eigenvalue weighted by Gasteiger charge is 2.42. The fourth-order valence-electron chi connectivity index (χ4n) is 3.16. The van der Waals surface area contributed by atoms with Gasteiger partial charge in [0.25, 0.3) is 0 Å². The van der Waals surface area contributed by atoms with Gasteiger partial charge >= 0.3 is 0 Å². The third-order valence-electron chi connectivity index (χ3n) is 4.37. The van der Waals surface area contributed by atoms with E-state index in [4.69, 9.17) is 0 Å². The summed E-state index contributed by atoms with van der Waals surface area (Å²) in [6.07, 6.45) is 3.72. The lowest BCUT2D eigenvalue weighted by atomic mass is 10.0. The van der Waals surface area contributed by atoms with Crippen LogP contribution in [0.2, 0.25) is 0 Å². The summed E-state index contributed by atoms with van der Waals surface area (Å²) < 4.78 is 26.7. The maximum Gasteiger partial charge on any atom is 0.217 e. The summed E-state index contributed by atoms with van der Waals surface area (Å²) in [6, 6.07) is 0.334. The molecular weight excluding hydrogens is 248 g/mol. The van der Waals surface area contributed by atoms with Gasteiger partial charge in [0.15, 0.2) is 0 Å². The van der Waals surface area contributed by atoms with E-state index in [0.717, 1.165) is 13.1 Å². The highest BCUT2D eigenvalue weighted by Crippen LogP contribution is 2.39. The number of hydrogen-bond acceptors (Lipinski definition) is 3. The van der Waals surface area contributed by atoms with Crippen molar-refractivity contribution in [2.45, 2.75) is 51.3 Å². The van der Waals surface area contributed by atoms with Gasteiger partial charge in [-0.1, -0.05) is 20.3 Å². The standard InChI is InChI=1S/C13H26N2O2S/c1-10(2)14-7-11(3)18(16,17)15-8-12-5-4-6-13(12)9-15/h10-14H,4-9H2,1-3H3. The molecule has 4 nitrogen and oxygen atoms in total. The third-order valence-corrected chi connectivity index (χ3v) is 6.58. The van der Waals surface area contributed by atoms with Crippen molar-refractivity contribution in [3.8, 4) is 0 Å². The molecule has 1 N–H and O–H groups in total. The van der Waals surface area contributed by atoms with Crippen LogP contribution >= 0.6 is 0 Å². The van der Waals surface area contributed by atoms with Gasteiger partial charge in [0.1, 0.15) is 0 Å². The lowest BCUT2D eigenvalue weighted by Crippen LogP contribution is -2.42. The summed E-state index contributed by atoms with van der Waals surface area (Å²) in [7, 11) is -3.11. The molecule has 0 radical (unpaired) electrons. The Morgan fingerprint density at radius 1 is 1.17 bits per heavy atom. The van der Waals surface area contributed by atoms with E-state index in [-0.39, 0.29) is 5.25 Å². The monoisotopic (exact) mass is 274 g/mol. The zero-order valence-electron chi connectivity index (χ0n) is 11.7. The Balaban J connectivity index is 1.94.